The van der Waals surface area contributed by atoms with Crippen LogP contribution in [0.2, 0.25) is 0 Å². The van der Waals surface area contributed by atoms with Crippen LogP contribution in [0.1, 0.15) is 20.3 Å². The third-order valence-electron chi connectivity index (χ3n) is 1.14. The number of halogens is 1. The number of hydrogen-bond donors (Lipinski definition) is 1. The molecule has 0 spiro atoms. The first-order valence-corrected chi connectivity index (χ1v) is 5.16. The third-order valence-corrected chi connectivity index (χ3v) is 4.06. The van der Waals surface area contributed by atoms with Crippen molar-refractivity contribution in [3.63, 3.8) is 0 Å². The fourth-order valence-corrected chi connectivity index (χ4v) is 3.75. The molecule has 2 heteroatoms. The Labute approximate surface area is 55.5 Å². The molecule has 44 valence electrons. The van der Waals surface area contributed by atoms with Gasteiger partial charge in [-0.05, 0) is 0 Å². The van der Waals surface area contributed by atoms with Gasteiger partial charge in [-0.2, -0.15) is 0 Å². The summed E-state index contributed by atoms with van der Waals surface area (Å²) in [7, 11) is 0. The summed E-state index contributed by atoms with van der Waals surface area (Å²) in [5.74, 6) is 0. The molecule has 0 bridgehead atoms. The SMILES string of the molecule is CC1(C)CC[I-]N1. The van der Waals surface area contributed by atoms with Gasteiger partial charge in [0.1, 0.15) is 0 Å². The molecule has 0 radical (unpaired) electrons. The Morgan fingerprint density at radius 3 is 2.43 bits per heavy atom. The van der Waals surface area contributed by atoms with Gasteiger partial charge in [0, 0.05) is 0 Å². The van der Waals surface area contributed by atoms with E-state index in [1.54, 1.807) is 0 Å². The Hall–Kier alpha value is 0.690. The van der Waals surface area contributed by atoms with Gasteiger partial charge in [0.2, 0.25) is 0 Å². The first kappa shape index (κ1) is 5.82. The van der Waals surface area contributed by atoms with E-state index in [9.17, 15) is 0 Å². The molecule has 1 nitrogen and oxygen atoms in total. The van der Waals surface area contributed by atoms with E-state index >= 15 is 0 Å². The van der Waals surface area contributed by atoms with Crippen molar-refractivity contribution in [3.05, 3.63) is 0 Å². The average Bonchev–Trinajstić information content (AvgIpc) is 1.84. The van der Waals surface area contributed by atoms with Gasteiger partial charge >= 0.3 is 55.2 Å². The summed E-state index contributed by atoms with van der Waals surface area (Å²) in [6.45, 7) is 4.56. The van der Waals surface area contributed by atoms with Crippen LogP contribution in [-0.2, 0) is 0 Å². The van der Waals surface area contributed by atoms with Gasteiger partial charge in [0.25, 0.3) is 0 Å². The zero-order chi connectivity index (χ0) is 5.33. The summed E-state index contributed by atoms with van der Waals surface area (Å²) in [6, 6.07) is 0. The van der Waals surface area contributed by atoms with Gasteiger partial charge in [-0.25, -0.2) is 0 Å². The molecule has 1 fully saturated rings. The van der Waals surface area contributed by atoms with Crippen molar-refractivity contribution < 1.29 is 21.5 Å². The maximum absolute atomic E-state index is 3.51. The van der Waals surface area contributed by atoms with Gasteiger partial charge in [-0.3, -0.25) is 0 Å². The summed E-state index contributed by atoms with van der Waals surface area (Å²) < 4.78 is 4.97. The number of alkyl halides is 1. The summed E-state index contributed by atoms with van der Waals surface area (Å²) >= 11 is 0.403. The first-order valence-electron chi connectivity index (χ1n) is 2.56. The van der Waals surface area contributed by atoms with Crippen molar-refractivity contribution in [2.24, 2.45) is 0 Å². The van der Waals surface area contributed by atoms with Crippen LogP contribution in [0.5, 0.6) is 0 Å². The second-order valence-corrected chi connectivity index (χ2v) is 4.93. The van der Waals surface area contributed by atoms with E-state index in [4.69, 9.17) is 0 Å². The molecule has 0 aromatic carbocycles. The summed E-state index contributed by atoms with van der Waals surface area (Å²) in [4.78, 5) is 0. The van der Waals surface area contributed by atoms with Crippen LogP contribution in [0.4, 0.5) is 0 Å². The zero-order valence-corrected chi connectivity index (χ0v) is 6.95. The molecule has 0 atom stereocenters. The molecule has 1 aliphatic rings. The van der Waals surface area contributed by atoms with E-state index < -0.39 is 0 Å². The van der Waals surface area contributed by atoms with E-state index in [0.29, 0.717) is 27.0 Å². The van der Waals surface area contributed by atoms with Crippen LogP contribution in [0.15, 0.2) is 0 Å². The van der Waals surface area contributed by atoms with Gasteiger partial charge in [-0.15, -0.1) is 0 Å². The predicted octanol–water partition coefficient (Wildman–Crippen LogP) is -2.24. The molecule has 1 aliphatic heterocycles. The molecule has 1 heterocycles. The van der Waals surface area contributed by atoms with Gasteiger partial charge in [0.05, 0.1) is 0 Å². The molecule has 1 N–H and O–H groups in total. The number of rotatable bonds is 0. The average molecular weight is 212 g/mol. The third kappa shape index (κ3) is 1.57. The predicted molar refractivity (Wildman–Crippen MR) is 26.7 cm³/mol. The van der Waals surface area contributed by atoms with Crippen molar-refractivity contribution in [2.75, 3.05) is 4.43 Å². The fourth-order valence-electron chi connectivity index (χ4n) is 0.559. The number of nitrogens with one attached hydrogen (secondary N) is 1. The van der Waals surface area contributed by atoms with E-state index in [0.717, 1.165) is 0 Å². The standard InChI is InChI=1S/C5H11IN/c1-5(2)3-4-6-7-5/h7H,3-4H2,1-2H3/q-1. The molecule has 0 aliphatic carbocycles. The molecule has 0 amide bonds. The van der Waals surface area contributed by atoms with Crippen molar-refractivity contribution in [2.45, 2.75) is 25.8 Å². The summed E-state index contributed by atoms with van der Waals surface area (Å²) in [6.07, 6.45) is 1.39. The van der Waals surface area contributed by atoms with Crippen LogP contribution < -0.4 is 25.0 Å². The topological polar surface area (TPSA) is 12.0 Å². The summed E-state index contributed by atoms with van der Waals surface area (Å²) in [5, 5.41) is 0. The molecular formula is C5H11IN-. The zero-order valence-electron chi connectivity index (χ0n) is 4.79. The molecule has 7 heavy (non-hydrogen) atoms. The normalized spacial score (nSPS) is 29.4. The molecule has 0 saturated carbocycles. The molecule has 0 unspecified atom stereocenters. The van der Waals surface area contributed by atoms with Crippen LogP contribution in [0, 0.1) is 0 Å². The molecule has 1 rings (SSSR count). The van der Waals surface area contributed by atoms with E-state index in [1.807, 2.05) is 0 Å². The Bertz CT molecular complexity index is 62.5. The molecule has 0 aromatic heterocycles. The fraction of sp³-hybridized carbons (Fsp3) is 1.00. The molecular weight excluding hydrogens is 201 g/mol. The second-order valence-electron chi connectivity index (χ2n) is 2.55. The van der Waals surface area contributed by atoms with Crippen LogP contribution in [0.25, 0.3) is 0 Å². The summed E-state index contributed by atoms with van der Waals surface area (Å²) in [5.41, 5.74) is 0.493. The van der Waals surface area contributed by atoms with E-state index in [2.05, 4.69) is 17.4 Å². The van der Waals surface area contributed by atoms with Crippen LogP contribution in [-0.4, -0.2) is 9.97 Å². The van der Waals surface area contributed by atoms with Gasteiger partial charge in [-0.1, -0.05) is 0 Å². The first-order chi connectivity index (χ1) is 3.21. The van der Waals surface area contributed by atoms with Crippen molar-refractivity contribution in [3.8, 4) is 0 Å². The van der Waals surface area contributed by atoms with E-state index in [-0.39, 0.29) is 0 Å². The Balaban J connectivity index is 2.40. The minimum absolute atomic E-state index is 0.403. The van der Waals surface area contributed by atoms with Gasteiger partial charge < -0.3 is 0 Å². The van der Waals surface area contributed by atoms with E-state index in [1.165, 1.54) is 10.8 Å². The van der Waals surface area contributed by atoms with Crippen molar-refractivity contribution in [1.29, 1.82) is 0 Å². The Kier molecular flexibility index (Phi) is 1.58. The van der Waals surface area contributed by atoms with Crippen molar-refractivity contribution >= 4 is 0 Å². The quantitative estimate of drug-likeness (QED) is 0.272. The van der Waals surface area contributed by atoms with Crippen LogP contribution >= 0.6 is 0 Å². The molecule has 0 aromatic rings. The minimum atomic E-state index is 0.403. The monoisotopic (exact) mass is 212 g/mol. The Morgan fingerprint density at radius 1 is 1.57 bits per heavy atom. The van der Waals surface area contributed by atoms with Gasteiger partial charge in [0.15, 0.2) is 0 Å². The number of hydrogen-bond acceptors (Lipinski definition) is 1. The molecule has 1 saturated heterocycles. The van der Waals surface area contributed by atoms with Crippen molar-refractivity contribution in [1.82, 2.24) is 3.53 Å². The Morgan fingerprint density at radius 2 is 2.29 bits per heavy atom. The maximum atomic E-state index is 3.51. The van der Waals surface area contributed by atoms with Crippen LogP contribution in [0.3, 0.4) is 0 Å². The second kappa shape index (κ2) is 1.90.